The van der Waals surface area contributed by atoms with Crippen molar-refractivity contribution in [3.63, 3.8) is 0 Å². The molecule has 64 heavy (non-hydrogen) atoms. The normalized spacial score (nSPS) is 12.9. The molecule has 0 saturated carbocycles. The van der Waals surface area contributed by atoms with E-state index in [4.69, 9.17) is 23.2 Å². The molecule has 2 aromatic heterocycles. The first-order valence-electron chi connectivity index (χ1n) is 24.3. The third kappa shape index (κ3) is 7.35. The first-order valence-corrected chi connectivity index (χ1v) is 27.2. The zero-order valence-corrected chi connectivity index (χ0v) is 43.5. The minimum atomic E-state index is -0.264. The zero-order valence-electron chi connectivity index (χ0n) is 37.6. The summed E-state index contributed by atoms with van der Waals surface area (Å²) >= 11 is 19.7. The van der Waals surface area contributed by atoms with Gasteiger partial charge in [-0.2, -0.15) is 0 Å². The first-order chi connectivity index (χ1) is 31.0. The third-order valence-electron chi connectivity index (χ3n) is 14.7. The average molecular weight is 1120 g/mol. The van der Waals surface area contributed by atoms with Gasteiger partial charge in [0.25, 0.3) is 22.2 Å². The monoisotopic (exact) mass is 1120 g/mol. The number of rotatable bonds is 22. The van der Waals surface area contributed by atoms with Crippen molar-refractivity contribution in [3.05, 3.63) is 82.9 Å². The van der Waals surface area contributed by atoms with E-state index in [9.17, 15) is 0 Å². The Bertz CT molecular complexity index is 2960. The number of halogens is 4. The molecule has 0 saturated heterocycles. The van der Waals surface area contributed by atoms with Gasteiger partial charge in [0.15, 0.2) is 0 Å². The Hall–Kier alpha value is -2.80. The summed E-state index contributed by atoms with van der Waals surface area (Å²) in [6, 6.07) is 7.39. The lowest BCUT2D eigenvalue weighted by Gasteiger charge is -2.27. The van der Waals surface area contributed by atoms with Gasteiger partial charge in [0.1, 0.15) is 0 Å². The summed E-state index contributed by atoms with van der Waals surface area (Å²) < 4.78 is 4.76. The fraction of sp³-hybridized carbons (Fsp3) is 0.481. The van der Waals surface area contributed by atoms with Crippen LogP contribution in [-0.4, -0.2) is 9.13 Å². The first kappa shape index (κ1) is 46.3. The maximum Gasteiger partial charge on any atom is 0.261 e. The zero-order chi connectivity index (χ0) is 45.1. The molecule has 9 aromatic rings. The van der Waals surface area contributed by atoms with Gasteiger partial charge in [0.05, 0.1) is 10.0 Å². The summed E-state index contributed by atoms with van der Waals surface area (Å²) in [7, 11) is 0. The quantitative estimate of drug-likeness (QED) is 0.0293. The number of nitrogens with zero attached hydrogens (tertiary/aromatic N) is 2. The van der Waals surface area contributed by atoms with Crippen LogP contribution in [-0.2, 0) is 0 Å². The molecule has 2 heterocycles. The minimum Gasteiger partial charge on any atom is -0.271 e. The highest BCUT2D eigenvalue weighted by Crippen LogP contribution is 2.55. The minimum absolute atomic E-state index is 0.203. The molecular weight excluding hydrogens is 1070 g/mol. The molecule has 0 atom stereocenters. The van der Waals surface area contributed by atoms with Crippen molar-refractivity contribution in [1.29, 1.82) is 0 Å². The number of benzene rings is 7. The molecule has 0 aliphatic heterocycles. The summed E-state index contributed by atoms with van der Waals surface area (Å²) in [5, 5.41) is 12.7. The van der Waals surface area contributed by atoms with Crippen molar-refractivity contribution < 1.29 is 0 Å². The molecule has 7 aromatic carbocycles. The second-order valence-electron chi connectivity index (χ2n) is 18.8. The van der Waals surface area contributed by atoms with E-state index in [0.29, 0.717) is 42.4 Å². The molecule has 10 heteroatoms. The van der Waals surface area contributed by atoms with Crippen LogP contribution < -0.4 is 22.2 Å². The van der Waals surface area contributed by atoms with Crippen molar-refractivity contribution in [2.24, 2.45) is 0 Å². The second-order valence-corrected chi connectivity index (χ2v) is 21.7. The Labute approximate surface area is 411 Å². The summed E-state index contributed by atoms with van der Waals surface area (Å²) in [6.07, 6.45) is 20.2. The molecule has 0 aliphatic carbocycles. The average Bonchev–Trinajstić information content (AvgIpc) is 3.29. The van der Waals surface area contributed by atoms with Crippen LogP contribution in [0.15, 0.2) is 43.4 Å². The van der Waals surface area contributed by atoms with Gasteiger partial charge in [-0.3, -0.25) is 28.3 Å². The number of unbranched alkanes of at least 4 members (excludes halogenated alkanes) is 12. The van der Waals surface area contributed by atoms with Gasteiger partial charge in [-0.1, -0.05) is 154 Å². The number of aromatic nitrogens is 2. The van der Waals surface area contributed by atoms with E-state index in [0.717, 1.165) is 189 Å². The lowest BCUT2D eigenvalue weighted by Crippen LogP contribution is -2.37. The molecule has 336 valence electrons. The summed E-state index contributed by atoms with van der Waals surface area (Å²) in [5.41, 5.74) is -1.01. The van der Waals surface area contributed by atoms with Crippen molar-refractivity contribution in [2.75, 3.05) is 0 Å². The highest BCUT2D eigenvalue weighted by Gasteiger charge is 2.33. The Morgan fingerprint density at radius 2 is 0.641 bits per heavy atom. The molecule has 0 amide bonds. The predicted octanol–water partition coefficient (Wildman–Crippen LogP) is 16.6. The summed E-state index contributed by atoms with van der Waals surface area (Å²) in [6.45, 7) is 8.79. The van der Waals surface area contributed by atoms with Crippen LogP contribution in [0.5, 0.6) is 0 Å². The smallest absolute Gasteiger partial charge is 0.261 e. The topological polar surface area (TPSA) is 78.1 Å². The third-order valence-corrected chi connectivity index (χ3v) is 18.4. The van der Waals surface area contributed by atoms with Gasteiger partial charge in [-0.05, 0) is 117 Å². The lowest BCUT2D eigenvalue weighted by atomic mass is 9.80. The molecule has 0 unspecified atom stereocenters. The molecule has 9 rings (SSSR count). The molecule has 0 fully saturated rings. The molecule has 0 radical (unpaired) electrons. The van der Waals surface area contributed by atoms with Gasteiger partial charge in [0.2, 0.25) is 0 Å². The van der Waals surface area contributed by atoms with E-state index in [1.165, 1.54) is 0 Å². The van der Waals surface area contributed by atoms with Crippen LogP contribution in [0.25, 0.3) is 86.2 Å². The number of hydrogen-bond donors (Lipinski definition) is 0. The van der Waals surface area contributed by atoms with Crippen LogP contribution in [0.3, 0.4) is 0 Å². The van der Waals surface area contributed by atoms with E-state index >= 15 is 19.2 Å². The van der Waals surface area contributed by atoms with Gasteiger partial charge >= 0.3 is 0 Å². The highest BCUT2D eigenvalue weighted by atomic mass is 127. The Kier molecular flexibility index (Phi) is 13.8. The Morgan fingerprint density at radius 1 is 0.375 bits per heavy atom. The molecule has 6 nitrogen and oxygen atoms in total. The summed E-state index contributed by atoms with van der Waals surface area (Å²) in [4.78, 5) is 60.7. The van der Waals surface area contributed by atoms with Crippen molar-refractivity contribution >= 4 is 155 Å². The van der Waals surface area contributed by atoms with E-state index in [2.05, 4.69) is 72.9 Å². The number of hydrogen-bond acceptors (Lipinski definition) is 4. The van der Waals surface area contributed by atoms with Crippen LogP contribution in [0.4, 0.5) is 0 Å². The Balaban J connectivity index is 1.40. The predicted molar refractivity (Wildman–Crippen MR) is 292 cm³/mol. The summed E-state index contributed by atoms with van der Waals surface area (Å²) in [5.74, 6) is 0. The fourth-order valence-electron chi connectivity index (χ4n) is 11.5. The van der Waals surface area contributed by atoms with Crippen LogP contribution in [0.2, 0.25) is 10.0 Å². The van der Waals surface area contributed by atoms with Crippen molar-refractivity contribution in [3.8, 4) is 0 Å². The second kappa shape index (κ2) is 19.1. The molecule has 0 aliphatic rings. The molecule has 0 spiro atoms. The largest absolute Gasteiger partial charge is 0.271 e. The van der Waals surface area contributed by atoms with E-state index < -0.39 is 0 Å². The van der Waals surface area contributed by atoms with Crippen molar-refractivity contribution in [2.45, 2.75) is 168 Å². The van der Waals surface area contributed by atoms with Crippen LogP contribution in [0.1, 0.15) is 168 Å². The van der Waals surface area contributed by atoms with Gasteiger partial charge in [0, 0.05) is 83.9 Å². The maximum absolute atomic E-state index is 15.2. The standard InChI is InChI=1S/C54H58Cl2I2N2O4/c1-5-9-13-17-21-29(22-18-14-10-6-2)59-51(61)35-25-31-41-43-33(49(57)47(31)55)27-37-40-38(54(64)60(53(37)63)30(23-19-15-11-7-3)24-20-16-12-8-4)28-34-44(46(40)43)42-32(48(56)50(34)58)26-36(52(59)62)39(35)45(41)42/h25-30H,5-24H2,1-4H3. The highest BCUT2D eigenvalue weighted by molar-refractivity contribution is 14.1. The molecule has 0 bridgehead atoms. The van der Waals surface area contributed by atoms with Gasteiger partial charge in [-0.25, -0.2) is 0 Å². The van der Waals surface area contributed by atoms with E-state index in [1.807, 2.05) is 24.3 Å². The van der Waals surface area contributed by atoms with Crippen LogP contribution >= 0.6 is 68.4 Å². The van der Waals surface area contributed by atoms with E-state index in [1.54, 1.807) is 9.13 Å². The van der Waals surface area contributed by atoms with Crippen LogP contribution in [0, 0.1) is 7.14 Å². The number of pyridine rings is 2. The van der Waals surface area contributed by atoms with Crippen molar-refractivity contribution in [1.82, 2.24) is 9.13 Å². The SMILES string of the molecule is CCCCCCC(CCCCCC)n1c(=O)c2cc3c(Cl)c(I)c4cc5c(=O)n(C(CCCCCC)CCCCCC)c(=O)c6cc7c(I)c(Cl)c8cc(c1=O)c2c1c3c4c(c56)c7c81. The lowest BCUT2D eigenvalue weighted by molar-refractivity contribution is 0.384. The molecular formula is C54H58Cl2I2N2O4. The molecule has 0 N–H and O–H groups in total. The Morgan fingerprint density at radius 3 is 0.922 bits per heavy atom. The maximum atomic E-state index is 15.2. The van der Waals surface area contributed by atoms with Gasteiger partial charge < -0.3 is 0 Å². The van der Waals surface area contributed by atoms with Gasteiger partial charge in [-0.15, -0.1) is 0 Å². The van der Waals surface area contributed by atoms with E-state index in [-0.39, 0.29) is 34.3 Å². The fourth-order valence-corrected chi connectivity index (χ4v) is 13.5.